The second kappa shape index (κ2) is 5.61. The zero-order chi connectivity index (χ0) is 15.1. The van der Waals surface area contributed by atoms with Crippen LogP contribution in [0.3, 0.4) is 0 Å². The normalized spacial score (nSPS) is 23.3. The van der Waals surface area contributed by atoms with Gasteiger partial charge in [-0.1, -0.05) is 0 Å². The predicted octanol–water partition coefficient (Wildman–Crippen LogP) is 1.75. The lowest BCUT2D eigenvalue weighted by atomic mass is 9.61. The molecule has 0 unspecified atom stereocenters. The van der Waals surface area contributed by atoms with Gasteiger partial charge in [0, 0.05) is 17.5 Å². The van der Waals surface area contributed by atoms with Crippen LogP contribution >= 0.6 is 11.3 Å². The molecule has 7 heteroatoms. The molecule has 2 aliphatic rings. The van der Waals surface area contributed by atoms with Crippen molar-refractivity contribution in [1.82, 2.24) is 14.6 Å². The number of likely N-dealkylation sites (tertiary alicyclic amines) is 1. The number of thiazole rings is 1. The molecule has 0 bridgehead atoms. The van der Waals surface area contributed by atoms with Crippen molar-refractivity contribution in [3.8, 4) is 0 Å². The molecule has 2 heterocycles. The largest absolute Gasteiger partial charge is 0.298 e. The molecule has 1 saturated carbocycles. The number of sulfonamides is 1. The van der Waals surface area contributed by atoms with Crippen LogP contribution in [0.15, 0.2) is 5.51 Å². The van der Waals surface area contributed by atoms with E-state index in [0.29, 0.717) is 5.41 Å². The molecule has 1 aliphatic carbocycles. The molecule has 0 aromatic carbocycles. The molecule has 1 saturated heterocycles. The first kappa shape index (κ1) is 15.4. The van der Waals surface area contributed by atoms with Crippen molar-refractivity contribution in [2.75, 3.05) is 19.3 Å². The molecule has 1 N–H and O–H groups in total. The average Bonchev–Trinajstić information content (AvgIpc) is 2.74. The summed E-state index contributed by atoms with van der Waals surface area (Å²) in [6, 6.07) is 0.162. The Morgan fingerprint density at radius 3 is 2.62 bits per heavy atom. The Morgan fingerprint density at radius 2 is 2.10 bits per heavy atom. The second-order valence-electron chi connectivity index (χ2n) is 6.63. The summed E-state index contributed by atoms with van der Waals surface area (Å²) in [7, 11) is -3.06. The maximum Gasteiger partial charge on any atom is 0.208 e. The van der Waals surface area contributed by atoms with Crippen LogP contribution in [0.2, 0.25) is 0 Å². The van der Waals surface area contributed by atoms with Gasteiger partial charge in [-0.2, -0.15) is 0 Å². The quantitative estimate of drug-likeness (QED) is 0.914. The Bertz CT molecular complexity index is 595. The number of nitrogens with one attached hydrogen (secondary N) is 1. The number of rotatable bonds is 4. The Balaban J connectivity index is 1.47. The Labute approximate surface area is 130 Å². The van der Waals surface area contributed by atoms with Crippen LogP contribution in [-0.4, -0.2) is 43.7 Å². The summed E-state index contributed by atoms with van der Waals surface area (Å²) in [6.07, 6.45) is 5.64. The third-order valence-corrected chi connectivity index (χ3v) is 6.55. The van der Waals surface area contributed by atoms with Gasteiger partial charge in [-0.25, -0.2) is 18.1 Å². The summed E-state index contributed by atoms with van der Waals surface area (Å²) in [4.78, 5) is 8.18. The topological polar surface area (TPSA) is 62.3 Å². The summed E-state index contributed by atoms with van der Waals surface area (Å²) >= 11 is 1.74. The van der Waals surface area contributed by atoms with E-state index >= 15 is 0 Å². The van der Waals surface area contributed by atoms with E-state index in [2.05, 4.69) is 21.5 Å². The Morgan fingerprint density at radius 1 is 1.43 bits per heavy atom. The van der Waals surface area contributed by atoms with Crippen LogP contribution in [-0.2, 0) is 16.6 Å². The van der Waals surface area contributed by atoms with Gasteiger partial charge in [0.25, 0.3) is 0 Å². The maximum atomic E-state index is 11.2. The molecule has 118 valence electrons. The number of aryl methyl sites for hydroxylation is 1. The highest BCUT2D eigenvalue weighted by atomic mass is 32.2. The molecule has 2 fully saturated rings. The van der Waals surface area contributed by atoms with Crippen LogP contribution in [0.5, 0.6) is 0 Å². The summed E-state index contributed by atoms with van der Waals surface area (Å²) in [5, 5.41) is 0. The van der Waals surface area contributed by atoms with E-state index in [1.807, 2.05) is 5.51 Å². The molecule has 0 atom stereocenters. The molecular formula is C14H23N3O2S2. The number of piperidine rings is 1. The van der Waals surface area contributed by atoms with Crippen molar-refractivity contribution in [2.45, 2.75) is 45.2 Å². The van der Waals surface area contributed by atoms with Gasteiger partial charge in [0.2, 0.25) is 10.0 Å². The lowest BCUT2D eigenvalue weighted by Gasteiger charge is -2.52. The molecular weight excluding hydrogens is 306 g/mol. The average molecular weight is 329 g/mol. The van der Waals surface area contributed by atoms with E-state index in [-0.39, 0.29) is 6.04 Å². The lowest BCUT2D eigenvalue weighted by Crippen LogP contribution is -2.54. The van der Waals surface area contributed by atoms with Crippen molar-refractivity contribution in [3.63, 3.8) is 0 Å². The van der Waals surface area contributed by atoms with Gasteiger partial charge in [-0.15, -0.1) is 11.3 Å². The van der Waals surface area contributed by atoms with Crippen molar-refractivity contribution in [1.29, 1.82) is 0 Å². The highest BCUT2D eigenvalue weighted by Gasteiger charge is 2.46. The fraction of sp³-hybridized carbons (Fsp3) is 0.786. The number of hydrogen-bond acceptors (Lipinski definition) is 5. The van der Waals surface area contributed by atoms with Crippen molar-refractivity contribution in [2.24, 2.45) is 5.41 Å². The summed E-state index contributed by atoms with van der Waals surface area (Å²) in [5.74, 6) is 0. The van der Waals surface area contributed by atoms with Crippen LogP contribution in [0.25, 0.3) is 0 Å². The van der Waals surface area contributed by atoms with E-state index < -0.39 is 10.0 Å². The fourth-order valence-corrected chi connectivity index (χ4v) is 5.24. The molecule has 1 aliphatic heterocycles. The highest BCUT2D eigenvalue weighted by molar-refractivity contribution is 7.88. The van der Waals surface area contributed by atoms with Gasteiger partial charge in [0.05, 0.1) is 17.5 Å². The summed E-state index contributed by atoms with van der Waals surface area (Å²) in [5.41, 5.74) is 3.46. The minimum atomic E-state index is -3.06. The molecule has 1 spiro atoms. The van der Waals surface area contributed by atoms with E-state index in [9.17, 15) is 8.42 Å². The van der Waals surface area contributed by atoms with Gasteiger partial charge < -0.3 is 0 Å². The molecule has 1 aromatic rings. The van der Waals surface area contributed by atoms with Crippen LogP contribution < -0.4 is 4.72 Å². The molecule has 21 heavy (non-hydrogen) atoms. The first-order valence-corrected chi connectivity index (χ1v) is 10.2. The van der Waals surface area contributed by atoms with Crippen molar-refractivity contribution < 1.29 is 8.42 Å². The van der Waals surface area contributed by atoms with E-state index in [0.717, 1.165) is 38.2 Å². The van der Waals surface area contributed by atoms with Gasteiger partial charge >= 0.3 is 0 Å². The van der Waals surface area contributed by atoms with Gasteiger partial charge in [0.1, 0.15) is 0 Å². The summed E-state index contributed by atoms with van der Waals surface area (Å²) in [6.45, 7) is 5.31. The van der Waals surface area contributed by atoms with Crippen LogP contribution in [0, 0.1) is 12.3 Å². The number of hydrogen-bond donors (Lipinski definition) is 1. The number of aromatic nitrogens is 1. The fourth-order valence-electron chi connectivity index (χ4n) is 3.65. The molecule has 1 aromatic heterocycles. The SMILES string of the molecule is Cc1ncsc1CN1CCC2(CC1)CC(NS(C)(=O)=O)C2. The monoisotopic (exact) mass is 329 g/mol. The predicted molar refractivity (Wildman–Crippen MR) is 84.8 cm³/mol. The van der Waals surface area contributed by atoms with Crippen LogP contribution in [0.4, 0.5) is 0 Å². The third kappa shape index (κ3) is 3.64. The second-order valence-corrected chi connectivity index (χ2v) is 9.35. The Hall–Kier alpha value is -0.500. The van der Waals surface area contributed by atoms with Crippen molar-refractivity contribution >= 4 is 21.4 Å². The smallest absolute Gasteiger partial charge is 0.208 e. The standard InChI is InChI=1S/C14H23N3O2S2/c1-11-13(20-10-15-11)9-17-5-3-14(4-6-17)7-12(8-14)16-21(2,18)19/h10,12,16H,3-9H2,1-2H3. The first-order chi connectivity index (χ1) is 9.85. The van der Waals surface area contributed by atoms with E-state index in [1.54, 1.807) is 11.3 Å². The van der Waals surface area contributed by atoms with Gasteiger partial charge in [-0.05, 0) is 51.1 Å². The molecule has 3 rings (SSSR count). The zero-order valence-corrected chi connectivity index (χ0v) is 14.3. The van der Waals surface area contributed by atoms with Gasteiger partial charge in [-0.3, -0.25) is 4.90 Å². The van der Waals surface area contributed by atoms with Crippen molar-refractivity contribution in [3.05, 3.63) is 16.1 Å². The Kier molecular flexibility index (Phi) is 4.11. The maximum absolute atomic E-state index is 11.2. The van der Waals surface area contributed by atoms with Gasteiger partial charge in [0.15, 0.2) is 0 Å². The van der Waals surface area contributed by atoms with E-state index in [4.69, 9.17) is 0 Å². The number of nitrogens with zero attached hydrogens (tertiary/aromatic N) is 2. The van der Waals surface area contributed by atoms with E-state index in [1.165, 1.54) is 24.0 Å². The first-order valence-electron chi connectivity index (χ1n) is 7.44. The zero-order valence-electron chi connectivity index (χ0n) is 12.6. The minimum absolute atomic E-state index is 0.162. The third-order valence-electron chi connectivity index (χ3n) is 4.87. The molecule has 0 amide bonds. The van der Waals surface area contributed by atoms with Crippen LogP contribution in [0.1, 0.15) is 36.3 Å². The lowest BCUT2D eigenvalue weighted by molar-refractivity contribution is 0.0109. The summed E-state index contributed by atoms with van der Waals surface area (Å²) < 4.78 is 25.2. The molecule has 0 radical (unpaired) electrons. The molecule has 5 nitrogen and oxygen atoms in total. The minimum Gasteiger partial charge on any atom is -0.298 e. The highest BCUT2D eigenvalue weighted by Crippen LogP contribution is 2.49.